The van der Waals surface area contributed by atoms with Crippen LogP contribution in [-0.4, -0.2) is 38.3 Å². The van der Waals surface area contributed by atoms with Crippen molar-refractivity contribution in [3.8, 4) is 0 Å². The molecule has 0 aliphatic carbocycles. The van der Waals surface area contributed by atoms with Crippen LogP contribution < -0.4 is 5.32 Å². The Balaban J connectivity index is 3.05. The van der Waals surface area contributed by atoms with E-state index in [9.17, 15) is 14.4 Å². The zero-order valence-corrected chi connectivity index (χ0v) is 7.17. The fourth-order valence-electron chi connectivity index (χ4n) is 0.853. The van der Waals surface area contributed by atoms with E-state index < -0.39 is 29.4 Å². The van der Waals surface area contributed by atoms with Gasteiger partial charge < -0.3 is 20.6 Å². The highest BCUT2D eigenvalue weighted by Gasteiger charge is 2.23. The van der Waals surface area contributed by atoms with E-state index in [1.165, 1.54) is 0 Å². The van der Waals surface area contributed by atoms with Gasteiger partial charge in [0, 0.05) is 12.4 Å². The van der Waals surface area contributed by atoms with Gasteiger partial charge in [-0.2, -0.15) is 0 Å². The summed E-state index contributed by atoms with van der Waals surface area (Å²) in [6.07, 6.45) is 0.0443. The number of carbonyl (C=O) groups is 3. The van der Waals surface area contributed by atoms with Crippen molar-refractivity contribution in [2.45, 2.75) is 0 Å². The van der Waals surface area contributed by atoms with E-state index in [0.717, 1.165) is 12.4 Å². The standard InChI is InChI=1S/C7H6N2O6/c10-5(11)3-1-9(7(14)15)2-4(8-3)6(12)13/h1-2,8H,(H,10,11)(H,12,13)(H,14,15). The molecule has 0 aromatic carbocycles. The fraction of sp³-hybridized carbons (Fsp3) is 0. The molecule has 15 heavy (non-hydrogen) atoms. The maximum Gasteiger partial charge on any atom is 0.415 e. The third-order valence-corrected chi connectivity index (χ3v) is 1.49. The summed E-state index contributed by atoms with van der Waals surface area (Å²) in [6, 6.07) is 0. The lowest BCUT2D eigenvalue weighted by Gasteiger charge is -2.18. The van der Waals surface area contributed by atoms with Crippen molar-refractivity contribution in [1.82, 2.24) is 10.2 Å². The lowest BCUT2D eigenvalue weighted by Crippen LogP contribution is -2.34. The average Bonchev–Trinajstić information content (AvgIpc) is 2.16. The number of hydrogen-bond acceptors (Lipinski definition) is 4. The van der Waals surface area contributed by atoms with E-state index in [2.05, 4.69) is 5.32 Å². The average molecular weight is 214 g/mol. The van der Waals surface area contributed by atoms with Gasteiger partial charge in [-0.25, -0.2) is 14.4 Å². The van der Waals surface area contributed by atoms with Crippen LogP contribution in [0.4, 0.5) is 4.79 Å². The van der Waals surface area contributed by atoms with Gasteiger partial charge in [0.1, 0.15) is 11.4 Å². The SMILES string of the molecule is O=C(O)C1=CN(C(=O)O)C=C(C(=O)O)N1. The summed E-state index contributed by atoms with van der Waals surface area (Å²) in [5, 5.41) is 27.7. The van der Waals surface area contributed by atoms with Crippen molar-refractivity contribution in [3.05, 3.63) is 23.8 Å². The van der Waals surface area contributed by atoms with Gasteiger partial charge in [-0.3, -0.25) is 4.90 Å². The number of aliphatic carboxylic acids is 2. The minimum absolute atomic E-state index is 0.448. The molecule has 0 spiro atoms. The van der Waals surface area contributed by atoms with Crippen molar-refractivity contribution < 1.29 is 29.7 Å². The predicted octanol–water partition coefficient (Wildman–Crippen LogP) is -0.578. The van der Waals surface area contributed by atoms with E-state index in [4.69, 9.17) is 15.3 Å². The number of carboxylic acids is 2. The maximum absolute atomic E-state index is 10.5. The summed E-state index contributed by atoms with van der Waals surface area (Å²) in [5.74, 6) is -2.90. The Hall–Kier alpha value is -2.51. The Bertz CT molecular complexity index is 366. The molecule has 0 atom stereocenters. The molecule has 1 rings (SSSR count). The number of amides is 1. The molecule has 0 fully saturated rings. The molecule has 1 heterocycles. The molecule has 0 radical (unpaired) electrons. The Morgan fingerprint density at radius 1 is 1.00 bits per heavy atom. The summed E-state index contributed by atoms with van der Waals surface area (Å²) >= 11 is 0. The van der Waals surface area contributed by atoms with Gasteiger partial charge in [-0.15, -0.1) is 0 Å². The quantitative estimate of drug-likeness (QED) is 0.484. The molecule has 0 unspecified atom stereocenters. The molecule has 0 aromatic heterocycles. The van der Waals surface area contributed by atoms with E-state index in [-0.39, 0.29) is 0 Å². The molecular formula is C7H6N2O6. The molecule has 4 N–H and O–H groups in total. The lowest BCUT2D eigenvalue weighted by atomic mass is 10.3. The second-order valence-corrected chi connectivity index (χ2v) is 2.51. The van der Waals surface area contributed by atoms with Crippen LogP contribution in [0.5, 0.6) is 0 Å². The molecule has 0 saturated heterocycles. The van der Waals surface area contributed by atoms with Gasteiger partial charge in [-0.05, 0) is 0 Å². The summed E-state index contributed by atoms with van der Waals surface area (Å²) < 4.78 is 0. The number of nitrogens with zero attached hydrogens (tertiary/aromatic N) is 1. The van der Waals surface area contributed by atoms with E-state index in [1.807, 2.05) is 0 Å². The normalized spacial score (nSPS) is 14.8. The van der Waals surface area contributed by atoms with Gasteiger partial charge in [0.2, 0.25) is 0 Å². The summed E-state index contributed by atoms with van der Waals surface area (Å²) in [6.45, 7) is 0. The van der Waals surface area contributed by atoms with Crippen molar-refractivity contribution in [2.24, 2.45) is 0 Å². The third-order valence-electron chi connectivity index (χ3n) is 1.49. The molecule has 0 saturated carbocycles. The van der Waals surface area contributed by atoms with Gasteiger partial charge >= 0.3 is 18.0 Å². The first-order chi connectivity index (χ1) is 6.91. The largest absolute Gasteiger partial charge is 0.477 e. The number of rotatable bonds is 2. The second kappa shape index (κ2) is 3.70. The molecule has 8 nitrogen and oxygen atoms in total. The monoisotopic (exact) mass is 214 g/mol. The maximum atomic E-state index is 10.5. The van der Waals surface area contributed by atoms with E-state index >= 15 is 0 Å². The predicted molar refractivity (Wildman–Crippen MR) is 44.4 cm³/mol. The van der Waals surface area contributed by atoms with Gasteiger partial charge in [-0.1, -0.05) is 0 Å². The Morgan fingerprint density at radius 2 is 1.40 bits per heavy atom. The van der Waals surface area contributed by atoms with Crippen LogP contribution >= 0.6 is 0 Å². The van der Waals surface area contributed by atoms with Crippen LogP contribution in [-0.2, 0) is 9.59 Å². The molecule has 0 bridgehead atoms. The topological polar surface area (TPSA) is 127 Å². The van der Waals surface area contributed by atoms with Crippen LogP contribution in [0, 0.1) is 0 Å². The van der Waals surface area contributed by atoms with Crippen LogP contribution in [0.2, 0.25) is 0 Å². The van der Waals surface area contributed by atoms with Crippen LogP contribution in [0.3, 0.4) is 0 Å². The fourth-order valence-corrected chi connectivity index (χ4v) is 0.853. The third kappa shape index (κ3) is 2.24. The minimum atomic E-state index is -1.48. The van der Waals surface area contributed by atoms with Crippen LogP contribution in [0.25, 0.3) is 0 Å². The van der Waals surface area contributed by atoms with Crippen LogP contribution in [0.15, 0.2) is 23.8 Å². The first-order valence-corrected chi connectivity index (χ1v) is 3.60. The van der Waals surface area contributed by atoms with Crippen molar-refractivity contribution in [3.63, 3.8) is 0 Å². The molecular weight excluding hydrogens is 208 g/mol. The van der Waals surface area contributed by atoms with Crippen molar-refractivity contribution in [2.75, 3.05) is 0 Å². The Kier molecular flexibility index (Phi) is 2.61. The van der Waals surface area contributed by atoms with Gasteiger partial charge in [0.15, 0.2) is 0 Å². The van der Waals surface area contributed by atoms with Crippen molar-refractivity contribution >= 4 is 18.0 Å². The molecule has 1 aliphatic rings. The first kappa shape index (κ1) is 10.6. The van der Waals surface area contributed by atoms with Gasteiger partial charge in [0.05, 0.1) is 0 Å². The lowest BCUT2D eigenvalue weighted by molar-refractivity contribution is -0.133. The van der Waals surface area contributed by atoms with Crippen LogP contribution in [0.1, 0.15) is 0 Å². The number of nitrogens with one attached hydrogen (secondary N) is 1. The summed E-state index contributed by atoms with van der Waals surface area (Å²) in [5.41, 5.74) is -1.06. The molecule has 8 heteroatoms. The van der Waals surface area contributed by atoms with Crippen molar-refractivity contribution in [1.29, 1.82) is 0 Å². The minimum Gasteiger partial charge on any atom is -0.477 e. The molecule has 0 aromatic rings. The van der Waals surface area contributed by atoms with Gasteiger partial charge in [0.25, 0.3) is 0 Å². The molecule has 80 valence electrons. The van der Waals surface area contributed by atoms with E-state index in [1.54, 1.807) is 0 Å². The smallest absolute Gasteiger partial charge is 0.415 e. The summed E-state index contributed by atoms with van der Waals surface area (Å²) in [7, 11) is 0. The highest BCUT2D eigenvalue weighted by molar-refractivity contribution is 5.93. The van der Waals surface area contributed by atoms with E-state index in [0.29, 0.717) is 4.90 Å². The number of carboxylic acid groups (broad SMARTS) is 3. The first-order valence-electron chi connectivity index (χ1n) is 3.60. The molecule has 1 aliphatic heterocycles. The zero-order chi connectivity index (χ0) is 11.6. The molecule has 1 amide bonds. The highest BCUT2D eigenvalue weighted by Crippen LogP contribution is 2.09. The summed E-state index contributed by atoms with van der Waals surface area (Å²) in [4.78, 5) is 32.0. The second-order valence-electron chi connectivity index (χ2n) is 2.51. The zero-order valence-electron chi connectivity index (χ0n) is 7.17. The highest BCUT2D eigenvalue weighted by atomic mass is 16.4. The Labute approximate surface area is 82.7 Å². The Morgan fingerprint density at radius 3 is 1.67 bits per heavy atom. The number of hydrogen-bond donors (Lipinski definition) is 4.